The highest BCUT2D eigenvalue weighted by atomic mass is 16.5. The molecule has 0 N–H and O–H groups in total. The molecule has 0 heterocycles. The zero-order valence-corrected chi connectivity index (χ0v) is 23.6. The Morgan fingerprint density at radius 2 is 1.21 bits per heavy atom. The van der Waals surface area contributed by atoms with Gasteiger partial charge in [0.1, 0.15) is 23.0 Å². The van der Waals surface area contributed by atoms with E-state index < -0.39 is 0 Å². The molecule has 2 fully saturated rings. The SMILES string of the molecule is CCCC1=C(C)c2cc(Oc3ccc(OC4CCCC4)cc3)ccc2CC1c1ccc(OC2CCCC2)cc1. The Labute approximate surface area is 234 Å². The third-order valence-electron chi connectivity index (χ3n) is 8.88. The van der Waals surface area contributed by atoms with Gasteiger partial charge in [-0.15, -0.1) is 0 Å². The van der Waals surface area contributed by atoms with Crippen molar-refractivity contribution in [2.45, 2.75) is 103 Å². The van der Waals surface area contributed by atoms with E-state index in [9.17, 15) is 0 Å². The van der Waals surface area contributed by atoms with Crippen LogP contribution in [0.2, 0.25) is 0 Å². The van der Waals surface area contributed by atoms with Gasteiger partial charge in [-0.05, 0) is 142 Å². The maximum atomic E-state index is 6.30. The molecule has 2 saturated carbocycles. The Hall–Kier alpha value is -3.20. The summed E-state index contributed by atoms with van der Waals surface area (Å²) in [6.45, 7) is 4.58. The van der Waals surface area contributed by atoms with Crippen LogP contribution in [0.4, 0.5) is 0 Å². The number of hydrogen-bond acceptors (Lipinski definition) is 3. The molecule has 3 aromatic rings. The molecule has 1 atom stereocenters. The van der Waals surface area contributed by atoms with Crippen molar-refractivity contribution in [2.24, 2.45) is 0 Å². The molecule has 0 aliphatic heterocycles. The van der Waals surface area contributed by atoms with E-state index in [1.807, 2.05) is 24.3 Å². The topological polar surface area (TPSA) is 27.7 Å². The number of ether oxygens (including phenoxy) is 3. The Morgan fingerprint density at radius 3 is 1.79 bits per heavy atom. The summed E-state index contributed by atoms with van der Waals surface area (Å²) in [5.41, 5.74) is 7.08. The van der Waals surface area contributed by atoms with Crippen LogP contribution in [-0.2, 0) is 6.42 Å². The van der Waals surface area contributed by atoms with Crippen molar-refractivity contribution >= 4 is 5.57 Å². The van der Waals surface area contributed by atoms with Gasteiger partial charge in [0.25, 0.3) is 0 Å². The molecule has 0 saturated heterocycles. The van der Waals surface area contributed by atoms with Crippen molar-refractivity contribution in [2.75, 3.05) is 0 Å². The van der Waals surface area contributed by atoms with E-state index in [0.29, 0.717) is 18.1 Å². The Morgan fingerprint density at radius 1 is 0.667 bits per heavy atom. The van der Waals surface area contributed by atoms with Crippen molar-refractivity contribution < 1.29 is 14.2 Å². The molecule has 0 aromatic heterocycles. The van der Waals surface area contributed by atoms with Crippen LogP contribution < -0.4 is 14.2 Å². The maximum absolute atomic E-state index is 6.30. The van der Waals surface area contributed by atoms with E-state index in [1.54, 1.807) is 5.57 Å². The van der Waals surface area contributed by atoms with Crippen LogP contribution in [0.25, 0.3) is 5.57 Å². The first kappa shape index (κ1) is 26.0. The lowest BCUT2D eigenvalue weighted by atomic mass is 9.74. The van der Waals surface area contributed by atoms with Crippen molar-refractivity contribution in [3.63, 3.8) is 0 Å². The van der Waals surface area contributed by atoms with Crippen LogP contribution >= 0.6 is 0 Å². The minimum Gasteiger partial charge on any atom is -0.490 e. The Bertz CT molecular complexity index is 1280. The molecule has 204 valence electrons. The van der Waals surface area contributed by atoms with Crippen LogP contribution in [0.3, 0.4) is 0 Å². The van der Waals surface area contributed by atoms with Crippen LogP contribution in [-0.4, -0.2) is 12.2 Å². The van der Waals surface area contributed by atoms with E-state index in [0.717, 1.165) is 42.3 Å². The number of benzene rings is 3. The van der Waals surface area contributed by atoms with E-state index in [-0.39, 0.29) is 0 Å². The van der Waals surface area contributed by atoms with Gasteiger partial charge in [0, 0.05) is 5.92 Å². The lowest BCUT2D eigenvalue weighted by Crippen LogP contribution is -2.15. The first-order valence-electron chi connectivity index (χ1n) is 15.2. The smallest absolute Gasteiger partial charge is 0.128 e. The molecule has 0 spiro atoms. The van der Waals surface area contributed by atoms with Gasteiger partial charge in [-0.2, -0.15) is 0 Å². The first-order valence-corrected chi connectivity index (χ1v) is 15.2. The molecule has 39 heavy (non-hydrogen) atoms. The quantitative estimate of drug-likeness (QED) is 0.280. The highest BCUT2D eigenvalue weighted by molar-refractivity contribution is 5.75. The number of hydrogen-bond donors (Lipinski definition) is 0. The van der Waals surface area contributed by atoms with Gasteiger partial charge < -0.3 is 14.2 Å². The van der Waals surface area contributed by atoms with Gasteiger partial charge in [0.15, 0.2) is 0 Å². The number of allylic oxidation sites excluding steroid dienone is 2. The zero-order chi connectivity index (χ0) is 26.6. The molecule has 0 radical (unpaired) electrons. The molecule has 3 aromatic carbocycles. The van der Waals surface area contributed by atoms with Crippen molar-refractivity contribution in [3.8, 4) is 23.0 Å². The molecule has 1 unspecified atom stereocenters. The first-order chi connectivity index (χ1) is 19.2. The second kappa shape index (κ2) is 11.9. The third kappa shape index (κ3) is 6.03. The minimum atomic E-state index is 0.372. The highest BCUT2D eigenvalue weighted by Gasteiger charge is 2.27. The van der Waals surface area contributed by atoms with Gasteiger partial charge in [-0.1, -0.05) is 37.1 Å². The predicted octanol–water partition coefficient (Wildman–Crippen LogP) is 10.0. The Kier molecular flexibility index (Phi) is 7.95. The molecule has 3 nitrogen and oxygen atoms in total. The molecule has 0 amide bonds. The maximum Gasteiger partial charge on any atom is 0.128 e. The zero-order valence-electron chi connectivity index (χ0n) is 23.6. The largest absolute Gasteiger partial charge is 0.490 e. The van der Waals surface area contributed by atoms with E-state index in [4.69, 9.17) is 14.2 Å². The van der Waals surface area contributed by atoms with Crippen LogP contribution in [0.15, 0.2) is 72.3 Å². The minimum absolute atomic E-state index is 0.372. The predicted molar refractivity (Wildman–Crippen MR) is 159 cm³/mol. The lowest BCUT2D eigenvalue weighted by molar-refractivity contribution is 0.209. The summed E-state index contributed by atoms with van der Waals surface area (Å²) in [6.07, 6.45) is 13.9. The lowest BCUT2D eigenvalue weighted by Gasteiger charge is -2.30. The van der Waals surface area contributed by atoms with E-state index in [1.165, 1.54) is 73.6 Å². The summed E-state index contributed by atoms with van der Waals surface area (Å²) in [6, 6.07) is 23.7. The average molecular weight is 523 g/mol. The summed E-state index contributed by atoms with van der Waals surface area (Å²) < 4.78 is 18.7. The fraction of sp³-hybridized carbons (Fsp3) is 0.444. The van der Waals surface area contributed by atoms with Crippen molar-refractivity contribution in [1.82, 2.24) is 0 Å². The molecule has 6 rings (SSSR count). The summed E-state index contributed by atoms with van der Waals surface area (Å²) in [5, 5.41) is 0. The van der Waals surface area contributed by atoms with Gasteiger partial charge in [-0.3, -0.25) is 0 Å². The summed E-state index contributed by atoms with van der Waals surface area (Å²) >= 11 is 0. The summed E-state index contributed by atoms with van der Waals surface area (Å²) in [4.78, 5) is 0. The highest BCUT2D eigenvalue weighted by Crippen LogP contribution is 2.44. The summed E-state index contributed by atoms with van der Waals surface area (Å²) in [7, 11) is 0. The van der Waals surface area contributed by atoms with Crippen molar-refractivity contribution in [1.29, 1.82) is 0 Å². The third-order valence-corrected chi connectivity index (χ3v) is 8.88. The van der Waals surface area contributed by atoms with Crippen LogP contribution in [0.5, 0.6) is 23.0 Å². The Balaban J connectivity index is 1.18. The van der Waals surface area contributed by atoms with E-state index >= 15 is 0 Å². The number of rotatable bonds is 9. The molecule has 3 aliphatic carbocycles. The van der Waals surface area contributed by atoms with Crippen molar-refractivity contribution in [3.05, 3.63) is 89.0 Å². The van der Waals surface area contributed by atoms with Gasteiger partial charge in [0.2, 0.25) is 0 Å². The molecular weight excluding hydrogens is 480 g/mol. The summed E-state index contributed by atoms with van der Waals surface area (Å²) in [5.74, 6) is 4.10. The average Bonchev–Trinajstić information content (AvgIpc) is 3.67. The molecule has 3 aliphatic rings. The molecule has 0 bridgehead atoms. The fourth-order valence-corrected chi connectivity index (χ4v) is 6.77. The molecule has 3 heteroatoms. The molecular formula is C36H42O3. The van der Waals surface area contributed by atoms with E-state index in [2.05, 4.69) is 56.3 Å². The second-order valence-corrected chi connectivity index (χ2v) is 11.7. The monoisotopic (exact) mass is 522 g/mol. The van der Waals surface area contributed by atoms with Gasteiger partial charge in [0.05, 0.1) is 12.2 Å². The van der Waals surface area contributed by atoms with Gasteiger partial charge >= 0.3 is 0 Å². The van der Waals surface area contributed by atoms with Crippen LogP contribution in [0, 0.1) is 0 Å². The van der Waals surface area contributed by atoms with Gasteiger partial charge in [-0.25, -0.2) is 0 Å². The van der Waals surface area contributed by atoms with Crippen LogP contribution in [0.1, 0.15) is 101 Å². The standard InChI is InChI=1S/C36H42O3/c1-3-8-34-25(2)35-24-33(39-32-21-19-31(20-22-32)38-29-11-6-7-12-29)18-15-27(35)23-36(34)26-13-16-30(17-14-26)37-28-9-4-5-10-28/h13-22,24,28-29,36H,3-12,23H2,1-2H3. The normalized spacial score (nSPS) is 19.8. The fourth-order valence-electron chi connectivity index (χ4n) is 6.77. The number of fused-ring (bicyclic) bond motifs is 1. The second-order valence-electron chi connectivity index (χ2n) is 11.7.